The summed E-state index contributed by atoms with van der Waals surface area (Å²) in [5.74, 6) is 4.51. The first-order valence-corrected chi connectivity index (χ1v) is 16.4. The van der Waals surface area contributed by atoms with Gasteiger partial charge in [0.2, 0.25) is 0 Å². The lowest BCUT2D eigenvalue weighted by molar-refractivity contribution is 0.256. The molecule has 0 amide bonds. The first-order chi connectivity index (χ1) is 18.2. The molecule has 0 heterocycles. The number of hydrogen-bond donors (Lipinski definition) is 0. The summed E-state index contributed by atoms with van der Waals surface area (Å²) in [7, 11) is 0. The minimum atomic E-state index is 0.778. The van der Waals surface area contributed by atoms with Crippen molar-refractivity contribution in [3.8, 4) is 11.1 Å². The van der Waals surface area contributed by atoms with Crippen LogP contribution in [-0.2, 0) is 0 Å². The van der Waals surface area contributed by atoms with Crippen molar-refractivity contribution in [2.75, 3.05) is 0 Å². The van der Waals surface area contributed by atoms with E-state index in [9.17, 15) is 0 Å². The Morgan fingerprint density at radius 1 is 0.568 bits per heavy atom. The number of rotatable bonds is 13. The van der Waals surface area contributed by atoms with E-state index in [0.717, 1.165) is 29.6 Å². The molecule has 2 aliphatic carbocycles. The van der Waals surface area contributed by atoms with Gasteiger partial charge in [0.1, 0.15) is 0 Å². The molecule has 2 aromatic carbocycles. The Labute approximate surface area is 230 Å². The average Bonchev–Trinajstić information content (AvgIpc) is 2.96. The van der Waals surface area contributed by atoms with Gasteiger partial charge < -0.3 is 0 Å². The quantitative estimate of drug-likeness (QED) is 0.240. The van der Waals surface area contributed by atoms with Gasteiger partial charge in [0.25, 0.3) is 0 Å². The Morgan fingerprint density at radius 2 is 1.05 bits per heavy atom. The summed E-state index contributed by atoms with van der Waals surface area (Å²) in [6.45, 7) is 7.05. The molecule has 0 heteroatoms. The standard InChI is InChI=1S/C37H56/c1-4-7-9-11-30-12-16-32(17-13-30)34-20-24-36(25-21-34)37-26-22-35(23-27-37)33-18-14-31(15-19-33)28-29(6-3)10-8-5-2/h20-27,29-33H,4-19,28H2,1-3H3/t29?,30-,31-,32-,33-. The summed E-state index contributed by atoms with van der Waals surface area (Å²) < 4.78 is 0. The Morgan fingerprint density at radius 3 is 1.51 bits per heavy atom. The lowest BCUT2D eigenvalue weighted by Gasteiger charge is -2.31. The Bertz CT molecular complexity index is 859. The van der Waals surface area contributed by atoms with Crippen molar-refractivity contribution in [1.29, 1.82) is 0 Å². The molecule has 37 heavy (non-hydrogen) atoms. The molecule has 1 atom stereocenters. The van der Waals surface area contributed by atoms with E-state index >= 15 is 0 Å². The molecular formula is C37H56. The van der Waals surface area contributed by atoms with Crippen LogP contribution in [0.3, 0.4) is 0 Å². The molecule has 2 saturated carbocycles. The predicted octanol–water partition coefficient (Wildman–Crippen LogP) is 12.1. The zero-order valence-corrected chi connectivity index (χ0v) is 24.5. The van der Waals surface area contributed by atoms with Crippen molar-refractivity contribution in [3.05, 3.63) is 59.7 Å². The SMILES string of the molecule is CCCCC[C@H]1CC[C@H](c2ccc(-c3ccc([C@H]4CC[C@H](CC(CC)CCCC)CC4)cc3)cc2)CC1. The number of benzene rings is 2. The highest BCUT2D eigenvalue weighted by atomic mass is 14.3. The van der Waals surface area contributed by atoms with E-state index in [2.05, 4.69) is 69.3 Å². The second-order valence-corrected chi connectivity index (χ2v) is 12.8. The molecule has 0 spiro atoms. The van der Waals surface area contributed by atoms with Gasteiger partial charge in [0.05, 0.1) is 0 Å². The maximum Gasteiger partial charge on any atom is -0.0162 e. The van der Waals surface area contributed by atoms with Crippen LogP contribution in [-0.4, -0.2) is 0 Å². The van der Waals surface area contributed by atoms with E-state index in [0.29, 0.717) is 0 Å². The minimum Gasteiger partial charge on any atom is -0.0654 e. The van der Waals surface area contributed by atoms with E-state index in [1.54, 1.807) is 11.1 Å². The van der Waals surface area contributed by atoms with E-state index in [4.69, 9.17) is 0 Å². The molecule has 0 aliphatic heterocycles. The molecule has 1 unspecified atom stereocenters. The summed E-state index contributed by atoms with van der Waals surface area (Å²) >= 11 is 0. The van der Waals surface area contributed by atoms with Crippen LogP contribution in [0.5, 0.6) is 0 Å². The fourth-order valence-electron chi connectivity index (χ4n) is 7.55. The van der Waals surface area contributed by atoms with Crippen molar-refractivity contribution in [2.24, 2.45) is 17.8 Å². The largest absolute Gasteiger partial charge is 0.0654 e. The van der Waals surface area contributed by atoms with Gasteiger partial charge in [-0.15, -0.1) is 0 Å². The third kappa shape index (κ3) is 8.46. The normalized spacial score (nSPS) is 25.2. The Hall–Kier alpha value is -1.56. The van der Waals surface area contributed by atoms with Crippen molar-refractivity contribution in [3.63, 3.8) is 0 Å². The Kier molecular flexibility index (Phi) is 11.6. The van der Waals surface area contributed by atoms with Crippen LogP contribution in [0.1, 0.15) is 153 Å². The van der Waals surface area contributed by atoms with Gasteiger partial charge in [-0.2, -0.15) is 0 Å². The molecule has 2 aliphatic rings. The predicted molar refractivity (Wildman–Crippen MR) is 163 cm³/mol. The number of unbranched alkanes of at least 4 members (excludes halogenated alkanes) is 3. The molecule has 0 saturated heterocycles. The first kappa shape index (κ1) is 28.4. The first-order valence-electron chi connectivity index (χ1n) is 16.4. The van der Waals surface area contributed by atoms with Gasteiger partial charge >= 0.3 is 0 Å². The van der Waals surface area contributed by atoms with E-state index in [1.807, 2.05) is 0 Å². The summed E-state index contributed by atoms with van der Waals surface area (Å²) in [6, 6.07) is 19.3. The fraction of sp³-hybridized carbons (Fsp3) is 0.676. The third-order valence-electron chi connectivity index (χ3n) is 10.2. The van der Waals surface area contributed by atoms with Crippen LogP contribution in [0.15, 0.2) is 48.5 Å². The molecule has 0 aromatic heterocycles. The highest BCUT2D eigenvalue weighted by molar-refractivity contribution is 5.64. The smallest absolute Gasteiger partial charge is 0.0162 e. The number of hydrogen-bond acceptors (Lipinski definition) is 0. The van der Waals surface area contributed by atoms with Gasteiger partial charge in [-0.25, -0.2) is 0 Å². The van der Waals surface area contributed by atoms with E-state index in [-0.39, 0.29) is 0 Å². The molecule has 0 bridgehead atoms. The Balaban J connectivity index is 1.24. The zero-order chi connectivity index (χ0) is 25.9. The van der Waals surface area contributed by atoms with Crippen molar-refractivity contribution in [1.82, 2.24) is 0 Å². The molecule has 4 rings (SSSR count). The highest BCUT2D eigenvalue weighted by Gasteiger charge is 2.25. The van der Waals surface area contributed by atoms with Gasteiger partial charge in [0.15, 0.2) is 0 Å². The fourth-order valence-corrected chi connectivity index (χ4v) is 7.55. The van der Waals surface area contributed by atoms with Gasteiger partial charge in [-0.1, -0.05) is 121 Å². The second kappa shape index (κ2) is 15.1. The van der Waals surface area contributed by atoms with Crippen LogP contribution in [0.25, 0.3) is 11.1 Å². The van der Waals surface area contributed by atoms with Crippen molar-refractivity contribution < 1.29 is 0 Å². The molecule has 0 N–H and O–H groups in total. The van der Waals surface area contributed by atoms with Crippen LogP contribution < -0.4 is 0 Å². The van der Waals surface area contributed by atoms with Crippen LogP contribution in [0.4, 0.5) is 0 Å². The second-order valence-electron chi connectivity index (χ2n) is 12.8. The van der Waals surface area contributed by atoms with E-state index < -0.39 is 0 Å². The van der Waals surface area contributed by atoms with Crippen molar-refractivity contribution >= 4 is 0 Å². The lowest BCUT2D eigenvalue weighted by atomic mass is 9.74. The molecule has 2 aromatic rings. The molecule has 0 nitrogen and oxygen atoms in total. The maximum atomic E-state index is 2.43. The average molecular weight is 501 g/mol. The van der Waals surface area contributed by atoms with Crippen molar-refractivity contribution in [2.45, 2.75) is 142 Å². The lowest BCUT2D eigenvalue weighted by Crippen LogP contribution is -2.16. The minimum absolute atomic E-state index is 0.778. The summed E-state index contributed by atoms with van der Waals surface area (Å²) in [5, 5.41) is 0. The highest BCUT2D eigenvalue weighted by Crippen LogP contribution is 2.41. The topological polar surface area (TPSA) is 0 Å². The van der Waals surface area contributed by atoms with Crippen LogP contribution in [0.2, 0.25) is 0 Å². The van der Waals surface area contributed by atoms with Gasteiger partial charge in [-0.05, 0) is 110 Å². The summed E-state index contributed by atoms with van der Waals surface area (Å²) in [6.07, 6.45) is 24.1. The van der Waals surface area contributed by atoms with Crippen LogP contribution in [0, 0.1) is 17.8 Å². The third-order valence-corrected chi connectivity index (χ3v) is 10.2. The zero-order valence-electron chi connectivity index (χ0n) is 24.5. The van der Waals surface area contributed by atoms with Gasteiger partial charge in [-0.3, -0.25) is 0 Å². The van der Waals surface area contributed by atoms with E-state index in [1.165, 1.54) is 120 Å². The van der Waals surface area contributed by atoms with Gasteiger partial charge in [0, 0.05) is 0 Å². The monoisotopic (exact) mass is 500 g/mol. The maximum absolute atomic E-state index is 2.43. The molecule has 2 fully saturated rings. The molecule has 0 radical (unpaired) electrons. The summed E-state index contributed by atoms with van der Waals surface area (Å²) in [4.78, 5) is 0. The molecular weight excluding hydrogens is 444 g/mol. The van der Waals surface area contributed by atoms with Crippen LogP contribution >= 0.6 is 0 Å². The molecule has 204 valence electrons. The summed E-state index contributed by atoms with van der Waals surface area (Å²) in [5.41, 5.74) is 5.91.